The van der Waals surface area contributed by atoms with Crippen molar-refractivity contribution in [1.82, 2.24) is 10.6 Å². The zero-order valence-corrected chi connectivity index (χ0v) is 13.7. The summed E-state index contributed by atoms with van der Waals surface area (Å²) in [6.07, 6.45) is 3.93. The predicted molar refractivity (Wildman–Crippen MR) is 86.3 cm³/mol. The number of aliphatic imine (C=N–C) groups is 1. The fourth-order valence-electron chi connectivity index (χ4n) is 3.73. The van der Waals surface area contributed by atoms with Crippen molar-refractivity contribution in [3.05, 3.63) is 29.1 Å². The first-order valence-electron chi connectivity index (χ1n) is 8.37. The van der Waals surface area contributed by atoms with Crippen LogP contribution in [0.3, 0.4) is 0 Å². The molecule has 130 valence electrons. The SMILES string of the molecule is CN=C(NCc1cc(F)cc2c1OCOC2)NC1CC2CCC1O2. The number of hydrogen-bond donors (Lipinski definition) is 2. The molecule has 2 N–H and O–H groups in total. The van der Waals surface area contributed by atoms with E-state index in [2.05, 4.69) is 15.6 Å². The average molecular weight is 335 g/mol. The lowest BCUT2D eigenvalue weighted by atomic mass is 9.96. The van der Waals surface area contributed by atoms with Gasteiger partial charge in [0, 0.05) is 24.7 Å². The highest BCUT2D eigenvalue weighted by Crippen LogP contribution is 2.34. The Morgan fingerprint density at radius 3 is 3.04 bits per heavy atom. The van der Waals surface area contributed by atoms with E-state index in [0.29, 0.717) is 37.0 Å². The van der Waals surface area contributed by atoms with Gasteiger partial charge in [0.1, 0.15) is 11.6 Å². The van der Waals surface area contributed by atoms with Crippen molar-refractivity contribution in [3.8, 4) is 5.75 Å². The zero-order valence-electron chi connectivity index (χ0n) is 13.7. The van der Waals surface area contributed by atoms with Crippen LogP contribution in [-0.4, -0.2) is 38.0 Å². The van der Waals surface area contributed by atoms with Gasteiger partial charge in [-0.15, -0.1) is 0 Å². The Labute approximate surface area is 140 Å². The predicted octanol–water partition coefficient (Wildman–Crippen LogP) is 1.68. The molecule has 0 radical (unpaired) electrons. The summed E-state index contributed by atoms with van der Waals surface area (Å²) in [6, 6.07) is 3.24. The van der Waals surface area contributed by atoms with E-state index in [1.54, 1.807) is 7.05 Å². The van der Waals surface area contributed by atoms with Crippen LogP contribution in [-0.2, 0) is 22.6 Å². The third-order valence-electron chi connectivity index (χ3n) is 4.85. The Hall–Kier alpha value is -1.86. The van der Waals surface area contributed by atoms with E-state index in [-0.39, 0.29) is 18.7 Å². The second-order valence-electron chi connectivity index (χ2n) is 6.45. The van der Waals surface area contributed by atoms with Crippen LogP contribution in [0.2, 0.25) is 0 Å². The molecule has 2 fully saturated rings. The Bertz CT molecular complexity index is 652. The Morgan fingerprint density at radius 1 is 1.38 bits per heavy atom. The zero-order chi connectivity index (χ0) is 16.5. The first-order valence-corrected chi connectivity index (χ1v) is 8.37. The molecule has 24 heavy (non-hydrogen) atoms. The third kappa shape index (κ3) is 3.06. The van der Waals surface area contributed by atoms with Crippen LogP contribution in [0, 0.1) is 5.82 Å². The van der Waals surface area contributed by atoms with Gasteiger partial charge in [-0.05, 0) is 31.4 Å². The van der Waals surface area contributed by atoms with E-state index in [4.69, 9.17) is 14.2 Å². The maximum absolute atomic E-state index is 13.8. The molecule has 4 rings (SSSR count). The molecule has 2 saturated heterocycles. The number of benzene rings is 1. The number of fused-ring (bicyclic) bond motifs is 3. The average Bonchev–Trinajstić information content (AvgIpc) is 3.21. The molecule has 3 heterocycles. The van der Waals surface area contributed by atoms with Crippen LogP contribution in [0.5, 0.6) is 5.75 Å². The number of nitrogens with zero attached hydrogens (tertiary/aromatic N) is 1. The second-order valence-corrected chi connectivity index (χ2v) is 6.45. The van der Waals surface area contributed by atoms with Gasteiger partial charge in [0.25, 0.3) is 0 Å². The summed E-state index contributed by atoms with van der Waals surface area (Å²) < 4.78 is 30.4. The molecule has 0 aliphatic carbocycles. The summed E-state index contributed by atoms with van der Waals surface area (Å²) >= 11 is 0. The molecule has 3 unspecified atom stereocenters. The van der Waals surface area contributed by atoms with Gasteiger partial charge in [-0.2, -0.15) is 0 Å². The number of rotatable bonds is 3. The molecule has 6 nitrogen and oxygen atoms in total. The third-order valence-corrected chi connectivity index (χ3v) is 4.85. The van der Waals surface area contributed by atoms with Crippen LogP contribution >= 0.6 is 0 Å². The number of halogens is 1. The summed E-state index contributed by atoms with van der Waals surface area (Å²) in [5, 5.41) is 6.66. The van der Waals surface area contributed by atoms with E-state index < -0.39 is 0 Å². The molecule has 1 aromatic rings. The largest absolute Gasteiger partial charge is 0.467 e. The van der Waals surface area contributed by atoms with Crippen LogP contribution in [0.15, 0.2) is 17.1 Å². The van der Waals surface area contributed by atoms with Gasteiger partial charge in [0.2, 0.25) is 0 Å². The highest BCUT2D eigenvalue weighted by Gasteiger charge is 2.41. The van der Waals surface area contributed by atoms with Gasteiger partial charge < -0.3 is 24.8 Å². The lowest BCUT2D eigenvalue weighted by Crippen LogP contribution is -2.47. The molecule has 0 amide bonds. The van der Waals surface area contributed by atoms with Crippen molar-refractivity contribution in [2.45, 2.75) is 50.7 Å². The van der Waals surface area contributed by atoms with Gasteiger partial charge in [-0.3, -0.25) is 4.99 Å². The highest BCUT2D eigenvalue weighted by molar-refractivity contribution is 5.80. The molecule has 2 bridgehead atoms. The minimum Gasteiger partial charge on any atom is -0.467 e. The molecular formula is C17H22FN3O3. The van der Waals surface area contributed by atoms with Crippen molar-refractivity contribution in [2.24, 2.45) is 4.99 Å². The molecule has 0 saturated carbocycles. The molecule has 3 atom stereocenters. The van der Waals surface area contributed by atoms with Crippen LogP contribution < -0.4 is 15.4 Å². The summed E-state index contributed by atoms with van der Waals surface area (Å²) in [7, 11) is 1.73. The number of nitrogens with one attached hydrogen (secondary N) is 2. The van der Waals surface area contributed by atoms with E-state index in [1.165, 1.54) is 12.1 Å². The normalized spacial score (nSPS) is 28.4. The summed E-state index contributed by atoms with van der Waals surface area (Å²) in [4.78, 5) is 4.26. The van der Waals surface area contributed by atoms with Gasteiger partial charge in [0.05, 0.1) is 24.9 Å². The fourth-order valence-corrected chi connectivity index (χ4v) is 3.73. The van der Waals surface area contributed by atoms with Crippen molar-refractivity contribution >= 4 is 5.96 Å². The summed E-state index contributed by atoms with van der Waals surface area (Å²) in [5.74, 6) is 1.11. The van der Waals surface area contributed by atoms with E-state index in [9.17, 15) is 4.39 Å². The summed E-state index contributed by atoms with van der Waals surface area (Å²) in [5.41, 5.74) is 1.50. The van der Waals surface area contributed by atoms with E-state index in [0.717, 1.165) is 30.4 Å². The van der Waals surface area contributed by atoms with Gasteiger partial charge in [0.15, 0.2) is 12.8 Å². The van der Waals surface area contributed by atoms with Crippen molar-refractivity contribution in [2.75, 3.05) is 13.8 Å². The van der Waals surface area contributed by atoms with Gasteiger partial charge in [-0.25, -0.2) is 4.39 Å². The Balaban J connectivity index is 1.41. The number of ether oxygens (including phenoxy) is 3. The maximum atomic E-state index is 13.8. The van der Waals surface area contributed by atoms with Gasteiger partial charge in [-0.1, -0.05) is 0 Å². The van der Waals surface area contributed by atoms with Gasteiger partial charge >= 0.3 is 0 Å². The van der Waals surface area contributed by atoms with Crippen LogP contribution in [0.4, 0.5) is 4.39 Å². The Morgan fingerprint density at radius 2 is 2.29 bits per heavy atom. The molecule has 0 aromatic heterocycles. The maximum Gasteiger partial charge on any atom is 0.191 e. The van der Waals surface area contributed by atoms with Crippen molar-refractivity contribution in [1.29, 1.82) is 0 Å². The lowest BCUT2D eigenvalue weighted by Gasteiger charge is -2.24. The smallest absolute Gasteiger partial charge is 0.191 e. The van der Waals surface area contributed by atoms with E-state index >= 15 is 0 Å². The van der Waals surface area contributed by atoms with Crippen molar-refractivity contribution < 1.29 is 18.6 Å². The summed E-state index contributed by atoms with van der Waals surface area (Å²) in [6.45, 7) is 0.998. The standard InChI is InChI=1S/C17H22FN3O3/c1-19-17(21-14-6-13-2-3-15(14)24-13)20-7-10-4-12(18)5-11-8-22-9-23-16(10)11/h4-5,13-15H,2-3,6-9H2,1H3,(H2,19,20,21). The highest BCUT2D eigenvalue weighted by atomic mass is 19.1. The van der Waals surface area contributed by atoms with E-state index in [1.807, 2.05) is 0 Å². The molecule has 7 heteroatoms. The minimum absolute atomic E-state index is 0.196. The fraction of sp³-hybridized carbons (Fsp3) is 0.588. The second kappa shape index (κ2) is 6.57. The minimum atomic E-state index is -0.288. The lowest BCUT2D eigenvalue weighted by molar-refractivity contribution is -0.0173. The van der Waals surface area contributed by atoms with Crippen molar-refractivity contribution in [3.63, 3.8) is 0 Å². The first-order chi connectivity index (χ1) is 11.7. The van der Waals surface area contributed by atoms with Crippen LogP contribution in [0.1, 0.15) is 30.4 Å². The first kappa shape index (κ1) is 15.7. The molecular weight excluding hydrogens is 313 g/mol. The topological polar surface area (TPSA) is 64.1 Å². The number of hydrogen-bond acceptors (Lipinski definition) is 4. The molecule has 0 spiro atoms. The Kier molecular flexibility index (Phi) is 4.28. The molecule has 1 aromatic carbocycles. The monoisotopic (exact) mass is 335 g/mol. The quantitative estimate of drug-likeness (QED) is 0.650. The number of guanidine groups is 1. The molecule has 3 aliphatic heterocycles. The molecule has 3 aliphatic rings. The van der Waals surface area contributed by atoms with Crippen LogP contribution in [0.25, 0.3) is 0 Å².